The number of nitrogens with zero attached hydrogens (tertiary/aromatic N) is 1. The standard InChI is InChI=1S/C13H11BrCl2N2/c1-8-3-2-4-17-12(8)7-18-13-10(15)5-9(14)6-11(13)16/h2-6,18H,7H2,1H3. The lowest BCUT2D eigenvalue weighted by molar-refractivity contribution is 1.02. The Labute approximate surface area is 124 Å². The average molecular weight is 346 g/mol. The molecule has 2 nitrogen and oxygen atoms in total. The molecule has 0 bridgehead atoms. The van der Waals surface area contributed by atoms with Crippen molar-refractivity contribution in [1.82, 2.24) is 4.98 Å². The number of aromatic nitrogens is 1. The molecule has 2 rings (SSSR count). The minimum Gasteiger partial charge on any atom is -0.377 e. The van der Waals surface area contributed by atoms with Gasteiger partial charge in [0, 0.05) is 10.7 Å². The van der Waals surface area contributed by atoms with Gasteiger partial charge in [0.05, 0.1) is 28.0 Å². The van der Waals surface area contributed by atoms with Crippen molar-refractivity contribution in [3.63, 3.8) is 0 Å². The number of nitrogens with one attached hydrogen (secondary N) is 1. The van der Waals surface area contributed by atoms with Crippen molar-refractivity contribution in [2.24, 2.45) is 0 Å². The van der Waals surface area contributed by atoms with Gasteiger partial charge in [-0.05, 0) is 30.7 Å². The third kappa shape index (κ3) is 3.16. The first kappa shape index (κ1) is 13.7. The van der Waals surface area contributed by atoms with E-state index in [1.807, 2.05) is 19.1 Å². The molecule has 1 aromatic heterocycles. The van der Waals surface area contributed by atoms with E-state index in [0.29, 0.717) is 16.6 Å². The molecule has 0 aliphatic carbocycles. The van der Waals surface area contributed by atoms with Crippen molar-refractivity contribution in [3.05, 3.63) is 56.2 Å². The van der Waals surface area contributed by atoms with E-state index in [4.69, 9.17) is 23.2 Å². The summed E-state index contributed by atoms with van der Waals surface area (Å²) in [6, 6.07) is 7.55. The molecular formula is C13H11BrCl2N2. The monoisotopic (exact) mass is 344 g/mol. The van der Waals surface area contributed by atoms with Crippen LogP contribution < -0.4 is 5.32 Å². The fraction of sp³-hybridized carbons (Fsp3) is 0.154. The summed E-state index contributed by atoms with van der Waals surface area (Å²) < 4.78 is 0.858. The molecule has 0 aliphatic rings. The first-order valence-electron chi connectivity index (χ1n) is 5.37. The normalized spacial score (nSPS) is 10.4. The molecule has 1 heterocycles. The third-order valence-corrected chi connectivity index (χ3v) is 3.61. The van der Waals surface area contributed by atoms with Crippen LogP contribution in [0.25, 0.3) is 0 Å². The third-order valence-electron chi connectivity index (χ3n) is 2.56. The fourth-order valence-corrected chi connectivity index (χ4v) is 2.93. The Hall–Kier alpha value is -0.770. The first-order chi connectivity index (χ1) is 8.58. The van der Waals surface area contributed by atoms with Crippen LogP contribution >= 0.6 is 39.1 Å². The molecule has 0 amide bonds. The predicted octanol–water partition coefficient (Wildman–Crippen LogP) is 5.07. The quantitative estimate of drug-likeness (QED) is 0.839. The fourth-order valence-electron chi connectivity index (χ4n) is 1.59. The second-order valence-electron chi connectivity index (χ2n) is 3.86. The summed E-state index contributed by atoms with van der Waals surface area (Å²) in [7, 11) is 0. The molecule has 0 saturated heterocycles. The van der Waals surface area contributed by atoms with Crippen molar-refractivity contribution in [2.75, 3.05) is 5.32 Å². The van der Waals surface area contributed by atoms with Crippen LogP contribution in [0.4, 0.5) is 5.69 Å². The van der Waals surface area contributed by atoms with Gasteiger partial charge in [0.1, 0.15) is 0 Å². The lowest BCUT2D eigenvalue weighted by Gasteiger charge is -2.11. The molecule has 0 radical (unpaired) electrons. The second-order valence-corrected chi connectivity index (χ2v) is 5.60. The topological polar surface area (TPSA) is 24.9 Å². The Morgan fingerprint density at radius 2 is 1.94 bits per heavy atom. The lowest BCUT2D eigenvalue weighted by Crippen LogP contribution is -2.04. The number of hydrogen-bond donors (Lipinski definition) is 1. The number of aryl methyl sites for hydroxylation is 1. The van der Waals surface area contributed by atoms with Crippen LogP contribution in [0.15, 0.2) is 34.9 Å². The molecule has 1 N–H and O–H groups in total. The summed E-state index contributed by atoms with van der Waals surface area (Å²) in [5.41, 5.74) is 2.84. The van der Waals surface area contributed by atoms with E-state index in [1.165, 1.54) is 0 Å². The smallest absolute Gasteiger partial charge is 0.0722 e. The van der Waals surface area contributed by atoms with Gasteiger partial charge < -0.3 is 5.32 Å². The van der Waals surface area contributed by atoms with E-state index in [1.54, 1.807) is 18.3 Å². The molecule has 0 spiro atoms. The molecule has 0 fully saturated rings. The van der Waals surface area contributed by atoms with E-state index in [-0.39, 0.29) is 0 Å². The number of rotatable bonds is 3. The molecule has 0 saturated carbocycles. The van der Waals surface area contributed by atoms with Crippen molar-refractivity contribution in [3.8, 4) is 0 Å². The van der Waals surface area contributed by atoms with Gasteiger partial charge in [0.25, 0.3) is 0 Å². The summed E-state index contributed by atoms with van der Waals surface area (Å²) in [6.07, 6.45) is 1.77. The molecule has 94 valence electrons. The predicted molar refractivity (Wildman–Crippen MR) is 80.5 cm³/mol. The molecule has 5 heteroatoms. The van der Waals surface area contributed by atoms with Crippen LogP contribution in [-0.4, -0.2) is 4.98 Å². The van der Waals surface area contributed by atoms with Crippen molar-refractivity contribution < 1.29 is 0 Å². The molecule has 18 heavy (non-hydrogen) atoms. The van der Waals surface area contributed by atoms with Crippen LogP contribution in [-0.2, 0) is 6.54 Å². The maximum absolute atomic E-state index is 6.14. The van der Waals surface area contributed by atoms with E-state index in [2.05, 4.69) is 26.2 Å². The summed E-state index contributed by atoms with van der Waals surface area (Å²) in [6.45, 7) is 2.61. The van der Waals surface area contributed by atoms with Gasteiger partial charge in [-0.1, -0.05) is 45.2 Å². The number of halogens is 3. The van der Waals surface area contributed by atoms with Crippen molar-refractivity contribution >= 4 is 44.8 Å². The highest BCUT2D eigenvalue weighted by Gasteiger charge is 2.08. The van der Waals surface area contributed by atoms with Gasteiger partial charge in [-0.2, -0.15) is 0 Å². The minimum absolute atomic E-state index is 0.586. The SMILES string of the molecule is Cc1cccnc1CNc1c(Cl)cc(Br)cc1Cl. The van der Waals surface area contributed by atoms with Crippen LogP contribution in [0.1, 0.15) is 11.3 Å². The highest BCUT2D eigenvalue weighted by Crippen LogP contribution is 2.34. The molecule has 0 atom stereocenters. The van der Waals surface area contributed by atoms with Gasteiger partial charge in [-0.15, -0.1) is 0 Å². The average Bonchev–Trinajstić information content (AvgIpc) is 2.30. The lowest BCUT2D eigenvalue weighted by atomic mass is 10.2. The van der Waals surface area contributed by atoms with E-state index >= 15 is 0 Å². The van der Waals surface area contributed by atoms with E-state index in [0.717, 1.165) is 21.4 Å². The summed E-state index contributed by atoms with van der Waals surface area (Å²) in [5, 5.41) is 4.39. The molecule has 0 unspecified atom stereocenters. The first-order valence-corrected chi connectivity index (χ1v) is 6.91. The van der Waals surface area contributed by atoms with E-state index in [9.17, 15) is 0 Å². The van der Waals surface area contributed by atoms with Gasteiger partial charge >= 0.3 is 0 Å². The number of hydrogen-bond acceptors (Lipinski definition) is 2. The number of pyridine rings is 1. The van der Waals surface area contributed by atoms with Crippen LogP contribution in [0.5, 0.6) is 0 Å². The summed E-state index contributed by atoms with van der Waals surface area (Å²) >= 11 is 15.6. The zero-order chi connectivity index (χ0) is 13.1. The minimum atomic E-state index is 0.586. The van der Waals surface area contributed by atoms with Crippen LogP contribution in [0, 0.1) is 6.92 Å². The number of benzene rings is 1. The number of anilines is 1. The molecular weight excluding hydrogens is 335 g/mol. The van der Waals surface area contributed by atoms with Crippen molar-refractivity contribution in [2.45, 2.75) is 13.5 Å². The van der Waals surface area contributed by atoms with Crippen LogP contribution in [0.2, 0.25) is 10.0 Å². The Bertz CT molecular complexity index is 550. The highest BCUT2D eigenvalue weighted by atomic mass is 79.9. The molecule has 2 aromatic rings. The Morgan fingerprint density at radius 1 is 1.28 bits per heavy atom. The molecule has 0 aliphatic heterocycles. The Morgan fingerprint density at radius 3 is 2.56 bits per heavy atom. The molecule has 1 aromatic carbocycles. The Balaban J connectivity index is 2.19. The zero-order valence-electron chi connectivity index (χ0n) is 9.67. The van der Waals surface area contributed by atoms with Gasteiger partial charge in [0.15, 0.2) is 0 Å². The largest absolute Gasteiger partial charge is 0.377 e. The summed E-state index contributed by atoms with van der Waals surface area (Å²) in [4.78, 5) is 4.31. The zero-order valence-corrected chi connectivity index (χ0v) is 12.8. The maximum Gasteiger partial charge on any atom is 0.0722 e. The Kier molecular flexibility index (Phi) is 4.49. The van der Waals surface area contributed by atoms with Crippen LogP contribution in [0.3, 0.4) is 0 Å². The second kappa shape index (κ2) is 5.91. The van der Waals surface area contributed by atoms with Gasteiger partial charge in [-0.25, -0.2) is 0 Å². The van der Waals surface area contributed by atoms with Gasteiger partial charge in [0.2, 0.25) is 0 Å². The van der Waals surface area contributed by atoms with E-state index < -0.39 is 0 Å². The van der Waals surface area contributed by atoms with Crippen molar-refractivity contribution in [1.29, 1.82) is 0 Å². The highest BCUT2D eigenvalue weighted by molar-refractivity contribution is 9.10. The van der Waals surface area contributed by atoms with Gasteiger partial charge in [-0.3, -0.25) is 4.98 Å². The maximum atomic E-state index is 6.14. The summed E-state index contributed by atoms with van der Waals surface area (Å²) in [5.74, 6) is 0.